The van der Waals surface area contributed by atoms with Crippen LogP contribution >= 0.6 is 0 Å². The molecule has 4 aromatic rings. The summed E-state index contributed by atoms with van der Waals surface area (Å²) in [6, 6.07) is 31.6. The molecule has 1 aliphatic rings. The number of ether oxygens (including phenoxy) is 1. The topological polar surface area (TPSA) is 70.1 Å². The van der Waals surface area contributed by atoms with Gasteiger partial charge in [0.05, 0.1) is 25.5 Å². The standard InChI is InChI=1S/C34H36N2O4/c1-3-40-34(39)22-26-11-15-28(16-12-26)35-20-19-30(23-35)36(29-17-13-25(14-18-29)21-33(37)38)24(2)31-10-6-8-27-7-4-5-9-32(27)31/h4-18,24,30H,3,19-23H2,1-2H3,(H,37,38)/t24-,30+/m0/s1. The van der Waals surface area contributed by atoms with Gasteiger partial charge in [-0.3, -0.25) is 9.59 Å². The number of carboxylic acid groups (broad SMARTS) is 1. The van der Waals surface area contributed by atoms with Gasteiger partial charge in [0, 0.05) is 30.5 Å². The number of benzene rings is 4. The van der Waals surface area contributed by atoms with Crippen LogP contribution in [0.15, 0.2) is 91.0 Å². The van der Waals surface area contributed by atoms with Crippen molar-refractivity contribution in [3.05, 3.63) is 108 Å². The Morgan fingerprint density at radius 2 is 1.60 bits per heavy atom. The predicted octanol–water partition coefficient (Wildman–Crippen LogP) is 6.42. The van der Waals surface area contributed by atoms with Gasteiger partial charge in [0.25, 0.3) is 0 Å². The van der Waals surface area contributed by atoms with E-state index in [0.717, 1.165) is 42.0 Å². The fourth-order valence-electron chi connectivity index (χ4n) is 5.88. The van der Waals surface area contributed by atoms with Gasteiger partial charge in [0.2, 0.25) is 0 Å². The number of aliphatic carboxylic acids is 1. The number of nitrogens with zero attached hydrogens (tertiary/aromatic N) is 2. The molecule has 2 atom stereocenters. The van der Waals surface area contributed by atoms with Crippen LogP contribution in [0.5, 0.6) is 0 Å². The first-order valence-corrected chi connectivity index (χ1v) is 14.0. The van der Waals surface area contributed by atoms with E-state index in [4.69, 9.17) is 4.74 Å². The Bertz CT molecular complexity index is 1460. The number of hydrogen-bond acceptors (Lipinski definition) is 5. The molecule has 0 amide bonds. The predicted molar refractivity (Wildman–Crippen MR) is 160 cm³/mol. The van der Waals surface area contributed by atoms with Gasteiger partial charge in [0.1, 0.15) is 0 Å². The molecule has 1 heterocycles. The fraction of sp³-hybridized carbons (Fsp3) is 0.294. The second-order valence-electron chi connectivity index (χ2n) is 10.4. The summed E-state index contributed by atoms with van der Waals surface area (Å²) < 4.78 is 5.09. The smallest absolute Gasteiger partial charge is 0.310 e. The number of carboxylic acids is 1. The van der Waals surface area contributed by atoms with E-state index in [9.17, 15) is 14.7 Å². The summed E-state index contributed by atoms with van der Waals surface area (Å²) in [6.07, 6.45) is 1.30. The fourth-order valence-corrected chi connectivity index (χ4v) is 5.88. The lowest BCUT2D eigenvalue weighted by atomic mass is 9.96. The lowest BCUT2D eigenvalue weighted by Gasteiger charge is -2.38. The maximum absolute atomic E-state index is 11.9. The first kappa shape index (κ1) is 27.3. The minimum atomic E-state index is -0.826. The van der Waals surface area contributed by atoms with E-state index in [0.29, 0.717) is 6.61 Å². The molecule has 1 N–H and O–H groups in total. The summed E-state index contributed by atoms with van der Waals surface area (Å²) in [5.41, 5.74) is 5.25. The molecule has 0 saturated carbocycles. The van der Waals surface area contributed by atoms with Gasteiger partial charge in [-0.15, -0.1) is 0 Å². The molecule has 0 radical (unpaired) electrons. The number of hydrogen-bond donors (Lipinski definition) is 1. The maximum Gasteiger partial charge on any atom is 0.310 e. The number of anilines is 2. The van der Waals surface area contributed by atoms with Crippen molar-refractivity contribution in [3.63, 3.8) is 0 Å². The van der Waals surface area contributed by atoms with Crippen LogP contribution in [-0.4, -0.2) is 42.8 Å². The third-order valence-electron chi connectivity index (χ3n) is 7.79. The Labute approximate surface area is 235 Å². The van der Waals surface area contributed by atoms with Gasteiger partial charge >= 0.3 is 11.9 Å². The highest BCUT2D eigenvalue weighted by Crippen LogP contribution is 2.36. The van der Waals surface area contributed by atoms with E-state index in [1.807, 2.05) is 31.2 Å². The van der Waals surface area contributed by atoms with Crippen LogP contribution in [0.3, 0.4) is 0 Å². The monoisotopic (exact) mass is 536 g/mol. The van der Waals surface area contributed by atoms with E-state index in [1.165, 1.54) is 16.3 Å². The van der Waals surface area contributed by atoms with E-state index in [2.05, 4.69) is 83.5 Å². The highest BCUT2D eigenvalue weighted by atomic mass is 16.5. The maximum atomic E-state index is 11.9. The molecule has 206 valence electrons. The van der Waals surface area contributed by atoms with E-state index in [-0.39, 0.29) is 30.9 Å². The molecular weight excluding hydrogens is 500 g/mol. The lowest BCUT2D eigenvalue weighted by Crippen LogP contribution is -2.39. The van der Waals surface area contributed by atoms with Crippen molar-refractivity contribution in [3.8, 4) is 0 Å². The van der Waals surface area contributed by atoms with Crippen molar-refractivity contribution in [2.24, 2.45) is 0 Å². The van der Waals surface area contributed by atoms with Gasteiger partial charge in [-0.05, 0) is 72.0 Å². The highest BCUT2D eigenvalue weighted by Gasteiger charge is 2.32. The minimum absolute atomic E-state index is 0.0164. The largest absolute Gasteiger partial charge is 0.481 e. The highest BCUT2D eigenvalue weighted by molar-refractivity contribution is 5.86. The Morgan fingerprint density at radius 3 is 2.33 bits per heavy atom. The van der Waals surface area contributed by atoms with E-state index >= 15 is 0 Å². The Balaban J connectivity index is 1.41. The summed E-state index contributed by atoms with van der Waals surface area (Å²) in [4.78, 5) is 28.0. The molecule has 6 nitrogen and oxygen atoms in total. The number of esters is 1. The molecule has 6 heteroatoms. The first-order chi connectivity index (χ1) is 19.4. The summed E-state index contributed by atoms with van der Waals surface area (Å²) in [5, 5.41) is 11.7. The van der Waals surface area contributed by atoms with Crippen LogP contribution in [0.1, 0.15) is 43.0 Å². The number of carbonyl (C=O) groups excluding carboxylic acids is 1. The molecular formula is C34H36N2O4. The number of rotatable bonds is 10. The molecule has 0 aliphatic carbocycles. The first-order valence-electron chi connectivity index (χ1n) is 14.0. The van der Waals surface area contributed by atoms with Crippen molar-refractivity contribution in [2.75, 3.05) is 29.5 Å². The van der Waals surface area contributed by atoms with Crippen LogP contribution in [-0.2, 0) is 27.2 Å². The summed E-state index contributed by atoms with van der Waals surface area (Å²) in [6.45, 7) is 6.27. The Morgan fingerprint density at radius 1 is 0.925 bits per heavy atom. The molecule has 0 spiro atoms. The zero-order valence-corrected chi connectivity index (χ0v) is 23.1. The summed E-state index contributed by atoms with van der Waals surface area (Å²) in [5.74, 6) is -1.03. The van der Waals surface area contributed by atoms with Gasteiger partial charge in [-0.1, -0.05) is 66.7 Å². The van der Waals surface area contributed by atoms with Gasteiger partial charge in [-0.25, -0.2) is 0 Å². The van der Waals surface area contributed by atoms with Gasteiger partial charge in [0.15, 0.2) is 0 Å². The number of fused-ring (bicyclic) bond motifs is 1. The van der Waals surface area contributed by atoms with Crippen LogP contribution in [0.25, 0.3) is 10.8 Å². The lowest BCUT2D eigenvalue weighted by molar-refractivity contribution is -0.142. The molecule has 0 unspecified atom stereocenters. The Kier molecular flexibility index (Phi) is 8.34. The SMILES string of the molecule is CCOC(=O)Cc1ccc(N2CC[C@@H](N(c3ccc(CC(=O)O)cc3)[C@@H](C)c3cccc4ccccc34)C2)cc1. The van der Waals surface area contributed by atoms with Crippen molar-refractivity contribution in [2.45, 2.75) is 45.2 Å². The van der Waals surface area contributed by atoms with Crippen LogP contribution in [0, 0.1) is 0 Å². The zero-order chi connectivity index (χ0) is 28.1. The van der Waals surface area contributed by atoms with E-state index in [1.54, 1.807) is 0 Å². The van der Waals surface area contributed by atoms with Crippen molar-refractivity contribution in [1.29, 1.82) is 0 Å². The molecule has 1 fully saturated rings. The molecule has 1 aliphatic heterocycles. The quantitative estimate of drug-likeness (QED) is 0.236. The third kappa shape index (κ3) is 6.12. The average molecular weight is 537 g/mol. The minimum Gasteiger partial charge on any atom is -0.481 e. The molecule has 0 bridgehead atoms. The summed E-state index contributed by atoms with van der Waals surface area (Å²) >= 11 is 0. The molecule has 1 saturated heterocycles. The average Bonchev–Trinajstić information content (AvgIpc) is 3.43. The zero-order valence-electron chi connectivity index (χ0n) is 23.1. The number of carbonyl (C=O) groups is 2. The van der Waals surface area contributed by atoms with Crippen molar-refractivity contribution in [1.82, 2.24) is 0 Å². The Hall–Kier alpha value is -4.32. The van der Waals surface area contributed by atoms with Crippen LogP contribution < -0.4 is 9.80 Å². The van der Waals surface area contributed by atoms with E-state index < -0.39 is 5.97 Å². The molecule has 4 aromatic carbocycles. The van der Waals surface area contributed by atoms with Gasteiger partial charge in [-0.2, -0.15) is 0 Å². The van der Waals surface area contributed by atoms with Crippen LogP contribution in [0.4, 0.5) is 11.4 Å². The summed E-state index contributed by atoms with van der Waals surface area (Å²) in [7, 11) is 0. The molecule has 5 rings (SSSR count). The van der Waals surface area contributed by atoms with Crippen molar-refractivity contribution < 1.29 is 19.4 Å². The second-order valence-corrected chi connectivity index (χ2v) is 10.4. The van der Waals surface area contributed by atoms with Crippen molar-refractivity contribution >= 4 is 34.1 Å². The van der Waals surface area contributed by atoms with Crippen LogP contribution in [0.2, 0.25) is 0 Å². The van der Waals surface area contributed by atoms with Gasteiger partial charge < -0.3 is 19.6 Å². The molecule has 40 heavy (non-hydrogen) atoms. The normalized spacial score (nSPS) is 15.7. The molecule has 0 aromatic heterocycles. The second kappa shape index (κ2) is 12.2. The third-order valence-corrected chi connectivity index (χ3v) is 7.79.